The van der Waals surface area contributed by atoms with Crippen LogP contribution >= 0.6 is 34.5 Å². The van der Waals surface area contributed by atoms with Gasteiger partial charge in [0.25, 0.3) is 5.91 Å². The number of benzene rings is 1. The molecule has 1 fully saturated rings. The van der Waals surface area contributed by atoms with Gasteiger partial charge in [-0.3, -0.25) is 10.2 Å². The Bertz CT molecular complexity index is 1160. The minimum Gasteiger partial charge on any atom is -0.283 e. The van der Waals surface area contributed by atoms with Gasteiger partial charge in [0.15, 0.2) is 5.69 Å². The zero-order valence-electron chi connectivity index (χ0n) is 17.6. The van der Waals surface area contributed by atoms with Gasteiger partial charge in [-0.05, 0) is 73.4 Å². The van der Waals surface area contributed by atoms with Gasteiger partial charge in [0.05, 0.1) is 16.4 Å². The van der Waals surface area contributed by atoms with Crippen LogP contribution in [0.4, 0.5) is 0 Å². The third-order valence-electron chi connectivity index (χ3n) is 5.99. The molecule has 2 aromatic heterocycles. The van der Waals surface area contributed by atoms with E-state index in [-0.39, 0.29) is 5.91 Å². The SMILES string of the molecule is O=C(NN1CCCCC1)c1nn(-c2ccc(Cl)cc2Cl)c2c1CCC/C2=C\c1cccs1. The number of carbonyl (C=O) groups excluding carboxylic acids is 1. The molecule has 0 atom stereocenters. The van der Waals surface area contributed by atoms with Crippen molar-refractivity contribution < 1.29 is 4.79 Å². The monoisotopic (exact) mass is 486 g/mol. The Morgan fingerprint density at radius 3 is 2.69 bits per heavy atom. The summed E-state index contributed by atoms with van der Waals surface area (Å²) in [5.74, 6) is -0.149. The fraction of sp³-hybridized carbons (Fsp3) is 0.333. The van der Waals surface area contributed by atoms with Crippen molar-refractivity contribution in [3.05, 3.63) is 67.6 Å². The van der Waals surface area contributed by atoms with Crippen LogP contribution in [0, 0.1) is 0 Å². The third kappa shape index (κ3) is 4.37. The van der Waals surface area contributed by atoms with E-state index in [0.29, 0.717) is 15.7 Å². The van der Waals surface area contributed by atoms with Crippen LogP contribution in [-0.2, 0) is 6.42 Å². The van der Waals surface area contributed by atoms with Gasteiger partial charge in [-0.1, -0.05) is 35.7 Å². The molecule has 0 bridgehead atoms. The number of halogens is 2. The first kappa shape index (κ1) is 21.7. The van der Waals surface area contributed by atoms with E-state index < -0.39 is 0 Å². The highest BCUT2D eigenvalue weighted by molar-refractivity contribution is 7.10. The molecule has 5 rings (SSSR count). The van der Waals surface area contributed by atoms with E-state index in [1.165, 1.54) is 16.9 Å². The Morgan fingerprint density at radius 1 is 1.09 bits per heavy atom. The lowest BCUT2D eigenvalue weighted by Gasteiger charge is -2.26. The number of rotatable bonds is 4. The molecule has 3 aromatic rings. The van der Waals surface area contributed by atoms with E-state index in [2.05, 4.69) is 22.9 Å². The van der Waals surface area contributed by atoms with Crippen LogP contribution in [0.2, 0.25) is 10.0 Å². The summed E-state index contributed by atoms with van der Waals surface area (Å²) < 4.78 is 1.83. The topological polar surface area (TPSA) is 50.2 Å². The molecule has 1 aliphatic heterocycles. The van der Waals surface area contributed by atoms with Crippen LogP contribution in [0.3, 0.4) is 0 Å². The molecule has 0 spiro atoms. The maximum atomic E-state index is 13.3. The number of fused-ring (bicyclic) bond motifs is 1. The second-order valence-electron chi connectivity index (χ2n) is 8.21. The molecule has 0 saturated carbocycles. The number of hydrazine groups is 1. The fourth-order valence-electron chi connectivity index (χ4n) is 4.49. The van der Waals surface area contributed by atoms with Crippen LogP contribution in [0.15, 0.2) is 35.7 Å². The van der Waals surface area contributed by atoms with Crippen molar-refractivity contribution in [1.29, 1.82) is 0 Å². The molecule has 0 unspecified atom stereocenters. The summed E-state index contributed by atoms with van der Waals surface area (Å²) in [7, 11) is 0. The number of hydrogen-bond donors (Lipinski definition) is 1. The average molecular weight is 487 g/mol. The first-order valence-corrected chi connectivity index (χ1v) is 12.6. The number of piperidine rings is 1. The summed E-state index contributed by atoms with van der Waals surface area (Å²) in [4.78, 5) is 14.5. The number of carbonyl (C=O) groups is 1. The van der Waals surface area contributed by atoms with Gasteiger partial charge in [0.1, 0.15) is 0 Å². The molecule has 32 heavy (non-hydrogen) atoms. The molecular weight excluding hydrogens is 463 g/mol. The van der Waals surface area contributed by atoms with Crippen molar-refractivity contribution >= 4 is 52.1 Å². The molecular formula is C24H24Cl2N4OS. The molecule has 1 N–H and O–H groups in total. The molecule has 2 aliphatic rings. The predicted octanol–water partition coefficient (Wildman–Crippen LogP) is 6.25. The van der Waals surface area contributed by atoms with Crippen molar-refractivity contribution in [2.24, 2.45) is 0 Å². The first-order valence-electron chi connectivity index (χ1n) is 11.0. The Morgan fingerprint density at radius 2 is 1.94 bits per heavy atom. The summed E-state index contributed by atoms with van der Waals surface area (Å²) in [6.45, 7) is 1.75. The van der Waals surface area contributed by atoms with Crippen LogP contribution in [0.25, 0.3) is 17.3 Å². The Kier molecular flexibility index (Phi) is 6.37. The minimum absolute atomic E-state index is 0.149. The standard InChI is InChI=1S/C24H24Cl2N4OS/c25-17-9-10-21(20(26)15-17)30-23-16(14-18-7-5-13-32-18)6-4-8-19(23)22(27-30)24(31)28-29-11-2-1-3-12-29/h5,7,9-10,13-15H,1-4,6,8,11-12H2,(H,28,31)/b16-14+. The number of hydrogen-bond acceptors (Lipinski definition) is 4. The van der Waals surface area contributed by atoms with E-state index >= 15 is 0 Å². The zero-order valence-corrected chi connectivity index (χ0v) is 19.9. The summed E-state index contributed by atoms with van der Waals surface area (Å²) in [6.07, 6.45) is 8.33. The van der Waals surface area contributed by atoms with E-state index in [4.69, 9.17) is 28.3 Å². The summed E-state index contributed by atoms with van der Waals surface area (Å²) in [5, 5.41) is 9.97. The van der Waals surface area contributed by atoms with Crippen molar-refractivity contribution in [1.82, 2.24) is 20.2 Å². The van der Waals surface area contributed by atoms with Crippen LogP contribution < -0.4 is 5.43 Å². The molecule has 8 heteroatoms. The number of aromatic nitrogens is 2. The van der Waals surface area contributed by atoms with Crippen molar-refractivity contribution in [2.45, 2.75) is 38.5 Å². The number of thiophene rings is 1. The zero-order chi connectivity index (χ0) is 22.1. The summed E-state index contributed by atoms with van der Waals surface area (Å²) in [5.41, 5.74) is 7.41. The number of nitrogens with one attached hydrogen (secondary N) is 1. The highest BCUT2D eigenvalue weighted by Crippen LogP contribution is 2.38. The molecule has 166 valence electrons. The van der Waals surface area contributed by atoms with Crippen LogP contribution in [0.1, 0.15) is 58.7 Å². The molecule has 5 nitrogen and oxygen atoms in total. The van der Waals surface area contributed by atoms with Crippen molar-refractivity contribution in [3.8, 4) is 5.69 Å². The minimum atomic E-state index is -0.149. The second-order valence-corrected chi connectivity index (χ2v) is 10.0. The Hall–Kier alpha value is -2.12. The van der Waals surface area contributed by atoms with Gasteiger partial charge in [-0.2, -0.15) is 5.10 Å². The van der Waals surface area contributed by atoms with E-state index in [1.54, 1.807) is 23.5 Å². The second kappa shape index (κ2) is 9.40. The van der Waals surface area contributed by atoms with Gasteiger partial charge >= 0.3 is 0 Å². The lowest BCUT2D eigenvalue weighted by molar-refractivity contribution is 0.0743. The molecule has 1 amide bonds. The smallest absolute Gasteiger partial charge is 0.283 e. The number of allylic oxidation sites excluding steroid dienone is 1. The van der Waals surface area contributed by atoms with Gasteiger partial charge in [-0.25, -0.2) is 9.69 Å². The largest absolute Gasteiger partial charge is 0.286 e. The number of nitrogens with zero attached hydrogens (tertiary/aromatic N) is 3. The predicted molar refractivity (Wildman–Crippen MR) is 132 cm³/mol. The molecule has 1 aliphatic carbocycles. The van der Waals surface area contributed by atoms with Crippen molar-refractivity contribution in [2.75, 3.05) is 13.1 Å². The third-order valence-corrected chi connectivity index (χ3v) is 7.35. The maximum Gasteiger partial charge on any atom is 0.286 e. The summed E-state index contributed by atoms with van der Waals surface area (Å²) in [6, 6.07) is 9.53. The van der Waals surface area contributed by atoms with E-state index in [0.717, 1.165) is 62.1 Å². The van der Waals surface area contributed by atoms with Crippen molar-refractivity contribution in [3.63, 3.8) is 0 Å². The highest BCUT2D eigenvalue weighted by Gasteiger charge is 2.30. The molecule has 3 heterocycles. The van der Waals surface area contributed by atoms with Crippen LogP contribution in [0.5, 0.6) is 0 Å². The fourth-order valence-corrected chi connectivity index (χ4v) is 5.66. The normalized spacial score (nSPS) is 18.0. The highest BCUT2D eigenvalue weighted by atomic mass is 35.5. The van der Waals surface area contributed by atoms with Crippen LogP contribution in [-0.4, -0.2) is 33.8 Å². The first-order chi connectivity index (χ1) is 15.6. The molecule has 0 radical (unpaired) electrons. The van der Waals surface area contributed by atoms with Gasteiger partial charge in [0.2, 0.25) is 0 Å². The van der Waals surface area contributed by atoms with Gasteiger partial charge < -0.3 is 0 Å². The lowest BCUT2D eigenvalue weighted by Crippen LogP contribution is -2.45. The lowest BCUT2D eigenvalue weighted by atomic mass is 9.90. The summed E-state index contributed by atoms with van der Waals surface area (Å²) >= 11 is 14.4. The quantitative estimate of drug-likeness (QED) is 0.474. The maximum absolute atomic E-state index is 13.3. The Labute approximate surface area is 201 Å². The molecule has 1 saturated heterocycles. The van der Waals surface area contributed by atoms with E-state index in [9.17, 15) is 4.79 Å². The van der Waals surface area contributed by atoms with Gasteiger partial charge in [0, 0.05) is 28.6 Å². The van der Waals surface area contributed by atoms with E-state index in [1.807, 2.05) is 21.8 Å². The van der Waals surface area contributed by atoms with Gasteiger partial charge in [-0.15, -0.1) is 11.3 Å². The Balaban J connectivity index is 1.61. The average Bonchev–Trinajstić information content (AvgIpc) is 3.43. The number of amides is 1. The molecule has 1 aromatic carbocycles.